The Morgan fingerprint density at radius 1 is 1.25 bits per heavy atom. The standard InChI is InChI=1S/C17H34N2O/c1-14(2)8-18-11-17(6-5-7-20-13-17)12-19-9-15(3)16(4)10-19/h14-16,18H,5-13H2,1-4H3. The summed E-state index contributed by atoms with van der Waals surface area (Å²) in [5.74, 6) is 2.42. The van der Waals surface area contributed by atoms with E-state index in [0.717, 1.165) is 44.1 Å². The molecule has 0 bridgehead atoms. The van der Waals surface area contributed by atoms with Gasteiger partial charge in [0.2, 0.25) is 0 Å². The van der Waals surface area contributed by atoms with Gasteiger partial charge >= 0.3 is 0 Å². The molecule has 0 spiro atoms. The van der Waals surface area contributed by atoms with Crippen LogP contribution in [0.4, 0.5) is 0 Å². The molecule has 0 aromatic carbocycles. The average molecular weight is 282 g/mol. The fourth-order valence-corrected chi connectivity index (χ4v) is 3.71. The normalized spacial score (nSPS) is 35.9. The van der Waals surface area contributed by atoms with Gasteiger partial charge in [-0.3, -0.25) is 0 Å². The second-order valence-electron chi connectivity index (χ2n) is 7.83. The monoisotopic (exact) mass is 282 g/mol. The maximum absolute atomic E-state index is 5.84. The number of hydrogen-bond donors (Lipinski definition) is 1. The Labute approximate surface area is 125 Å². The van der Waals surface area contributed by atoms with Crippen LogP contribution >= 0.6 is 0 Å². The largest absolute Gasteiger partial charge is 0.381 e. The highest BCUT2D eigenvalue weighted by atomic mass is 16.5. The molecule has 0 aliphatic carbocycles. The van der Waals surface area contributed by atoms with E-state index in [4.69, 9.17) is 4.74 Å². The van der Waals surface area contributed by atoms with Crippen LogP contribution in [0, 0.1) is 23.2 Å². The van der Waals surface area contributed by atoms with Gasteiger partial charge in [-0.05, 0) is 37.1 Å². The quantitative estimate of drug-likeness (QED) is 0.810. The lowest BCUT2D eigenvalue weighted by Crippen LogP contribution is -2.49. The molecule has 2 saturated heterocycles. The molecule has 0 saturated carbocycles. The van der Waals surface area contributed by atoms with E-state index in [9.17, 15) is 0 Å². The average Bonchev–Trinajstić information content (AvgIpc) is 2.68. The Balaban J connectivity index is 1.89. The first-order valence-corrected chi connectivity index (χ1v) is 8.51. The smallest absolute Gasteiger partial charge is 0.0546 e. The molecule has 3 nitrogen and oxygen atoms in total. The van der Waals surface area contributed by atoms with Gasteiger partial charge in [0.25, 0.3) is 0 Å². The van der Waals surface area contributed by atoms with E-state index in [0.29, 0.717) is 5.41 Å². The fourth-order valence-electron chi connectivity index (χ4n) is 3.71. The third kappa shape index (κ3) is 4.44. The molecule has 2 fully saturated rings. The van der Waals surface area contributed by atoms with Crippen molar-refractivity contribution in [2.75, 3.05) is 45.9 Å². The first-order valence-electron chi connectivity index (χ1n) is 8.51. The summed E-state index contributed by atoms with van der Waals surface area (Å²) in [6.45, 7) is 17.2. The molecule has 1 N–H and O–H groups in total. The number of nitrogens with one attached hydrogen (secondary N) is 1. The Morgan fingerprint density at radius 2 is 1.95 bits per heavy atom. The summed E-state index contributed by atoms with van der Waals surface area (Å²) in [6.07, 6.45) is 2.54. The van der Waals surface area contributed by atoms with E-state index in [-0.39, 0.29) is 0 Å². The van der Waals surface area contributed by atoms with Crippen molar-refractivity contribution >= 4 is 0 Å². The molecular formula is C17H34N2O. The Kier molecular flexibility index (Phi) is 5.88. The maximum Gasteiger partial charge on any atom is 0.0546 e. The maximum atomic E-state index is 5.84. The molecule has 3 atom stereocenters. The van der Waals surface area contributed by atoms with Gasteiger partial charge in [0.15, 0.2) is 0 Å². The van der Waals surface area contributed by atoms with Gasteiger partial charge in [-0.25, -0.2) is 0 Å². The van der Waals surface area contributed by atoms with Crippen molar-refractivity contribution in [3.63, 3.8) is 0 Å². The van der Waals surface area contributed by atoms with Gasteiger partial charge in [0.05, 0.1) is 6.61 Å². The third-order valence-electron chi connectivity index (χ3n) is 5.08. The molecule has 0 aromatic heterocycles. The molecule has 3 heteroatoms. The number of hydrogen-bond acceptors (Lipinski definition) is 3. The van der Waals surface area contributed by atoms with E-state index in [2.05, 4.69) is 37.9 Å². The molecule has 2 aliphatic heterocycles. The van der Waals surface area contributed by atoms with Crippen LogP contribution in [-0.4, -0.2) is 50.8 Å². The van der Waals surface area contributed by atoms with E-state index >= 15 is 0 Å². The van der Waals surface area contributed by atoms with Gasteiger partial charge in [0, 0.05) is 38.2 Å². The van der Waals surface area contributed by atoms with Crippen molar-refractivity contribution in [1.29, 1.82) is 0 Å². The Morgan fingerprint density at radius 3 is 2.50 bits per heavy atom. The van der Waals surface area contributed by atoms with Crippen LogP contribution in [0.2, 0.25) is 0 Å². The van der Waals surface area contributed by atoms with Crippen LogP contribution in [0.25, 0.3) is 0 Å². The minimum absolute atomic E-state index is 0.344. The van der Waals surface area contributed by atoms with Crippen LogP contribution < -0.4 is 5.32 Å². The lowest BCUT2D eigenvalue weighted by atomic mass is 9.81. The Bertz CT molecular complexity index is 277. The molecule has 3 unspecified atom stereocenters. The molecule has 2 heterocycles. The SMILES string of the molecule is CC(C)CNCC1(CN2CC(C)C(C)C2)CCCOC1. The van der Waals surface area contributed by atoms with Gasteiger partial charge in [0.1, 0.15) is 0 Å². The van der Waals surface area contributed by atoms with Gasteiger partial charge in [-0.15, -0.1) is 0 Å². The zero-order valence-electron chi connectivity index (χ0n) is 14.0. The first-order chi connectivity index (χ1) is 9.51. The van der Waals surface area contributed by atoms with Crippen molar-refractivity contribution in [3.8, 4) is 0 Å². The highest BCUT2D eigenvalue weighted by molar-refractivity contribution is 4.90. The lowest BCUT2D eigenvalue weighted by Gasteiger charge is -2.40. The summed E-state index contributed by atoms with van der Waals surface area (Å²) in [5.41, 5.74) is 0.344. The molecular weight excluding hydrogens is 248 g/mol. The first kappa shape index (κ1) is 16.3. The summed E-state index contributed by atoms with van der Waals surface area (Å²) in [6, 6.07) is 0. The summed E-state index contributed by atoms with van der Waals surface area (Å²) >= 11 is 0. The zero-order valence-corrected chi connectivity index (χ0v) is 14.0. The topological polar surface area (TPSA) is 24.5 Å². The predicted molar refractivity (Wildman–Crippen MR) is 85.0 cm³/mol. The Hall–Kier alpha value is -0.120. The minimum atomic E-state index is 0.344. The highest BCUT2D eigenvalue weighted by Crippen LogP contribution is 2.32. The van der Waals surface area contributed by atoms with Crippen molar-refractivity contribution in [2.24, 2.45) is 23.2 Å². The summed E-state index contributed by atoms with van der Waals surface area (Å²) in [5, 5.41) is 3.69. The zero-order chi connectivity index (χ0) is 14.6. The van der Waals surface area contributed by atoms with Gasteiger partial charge in [-0.2, -0.15) is 0 Å². The van der Waals surface area contributed by atoms with Crippen LogP contribution in [0.5, 0.6) is 0 Å². The molecule has 118 valence electrons. The van der Waals surface area contributed by atoms with Crippen LogP contribution in [0.15, 0.2) is 0 Å². The van der Waals surface area contributed by atoms with E-state index in [1.165, 1.54) is 32.5 Å². The van der Waals surface area contributed by atoms with E-state index < -0.39 is 0 Å². The summed E-state index contributed by atoms with van der Waals surface area (Å²) in [4.78, 5) is 2.68. The van der Waals surface area contributed by atoms with Gasteiger partial charge in [-0.1, -0.05) is 27.7 Å². The molecule has 0 radical (unpaired) electrons. The predicted octanol–water partition coefficient (Wildman–Crippen LogP) is 2.62. The van der Waals surface area contributed by atoms with Crippen LogP contribution in [0.1, 0.15) is 40.5 Å². The molecule has 2 rings (SSSR count). The summed E-state index contributed by atoms with van der Waals surface area (Å²) in [7, 11) is 0. The minimum Gasteiger partial charge on any atom is -0.381 e. The number of likely N-dealkylation sites (tertiary alicyclic amines) is 1. The van der Waals surface area contributed by atoms with Crippen molar-refractivity contribution in [3.05, 3.63) is 0 Å². The molecule has 20 heavy (non-hydrogen) atoms. The van der Waals surface area contributed by atoms with Crippen molar-refractivity contribution < 1.29 is 4.74 Å². The molecule has 0 aromatic rings. The van der Waals surface area contributed by atoms with Crippen molar-refractivity contribution in [2.45, 2.75) is 40.5 Å². The number of rotatable bonds is 6. The number of ether oxygens (including phenoxy) is 1. The van der Waals surface area contributed by atoms with Crippen LogP contribution in [0.3, 0.4) is 0 Å². The second-order valence-corrected chi connectivity index (χ2v) is 7.83. The van der Waals surface area contributed by atoms with Crippen LogP contribution in [-0.2, 0) is 4.74 Å². The molecule has 2 aliphatic rings. The summed E-state index contributed by atoms with van der Waals surface area (Å²) < 4.78 is 5.84. The fraction of sp³-hybridized carbons (Fsp3) is 1.00. The lowest BCUT2D eigenvalue weighted by molar-refractivity contribution is -0.0239. The molecule has 0 amide bonds. The van der Waals surface area contributed by atoms with E-state index in [1.807, 2.05) is 0 Å². The number of nitrogens with zero attached hydrogens (tertiary/aromatic N) is 1. The second kappa shape index (κ2) is 7.24. The van der Waals surface area contributed by atoms with Gasteiger partial charge < -0.3 is 15.0 Å². The third-order valence-corrected chi connectivity index (χ3v) is 5.08. The highest BCUT2D eigenvalue weighted by Gasteiger charge is 2.37. The van der Waals surface area contributed by atoms with Crippen molar-refractivity contribution in [1.82, 2.24) is 10.2 Å². The van der Waals surface area contributed by atoms with E-state index in [1.54, 1.807) is 0 Å².